The summed E-state index contributed by atoms with van der Waals surface area (Å²) in [5.74, 6) is 0.248. The van der Waals surface area contributed by atoms with E-state index >= 15 is 0 Å². The smallest absolute Gasteiger partial charge is 0.237 e. The molecule has 0 bridgehead atoms. The SMILES string of the molecule is CC1(C)C(NCC(=O)N2C[C@H](F)C[C@H]2C#N)CC[C@@H]1Cn1cncn1. The van der Waals surface area contributed by atoms with Crippen LogP contribution in [0.1, 0.15) is 33.1 Å². The number of amides is 1. The molecular formula is C17H25FN6O. The Morgan fingerprint density at radius 3 is 2.96 bits per heavy atom. The fourth-order valence-corrected chi connectivity index (χ4v) is 4.14. The lowest BCUT2D eigenvalue weighted by atomic mass is 9.79. The molecule has 0 aromatic carbocycles. The van der Waals surface area contributed by atoms with E-state index in [0.717, 1.165) is 19.4 Å². The monoisotopic (exact) mass is 348 g/mol. The molecule has 1 aromatic heterocycles. The van der Waals surface area contributed by atoms with Crippen LogP contribution in [0.3, 0.4) is 0 Å². The van der Waals surface area contributed by atoms with Crippen molar-refractivity contribution in [3.05, 3.63) is 12.7 Å². The molecule has 8 heteroatoms. The second-order valence-corrected chi connectivity index (χ2v) is 7.67. The maximum Gasteiger partial charge on any atom is 0.237 e. The molecule has 1 aliphatic heterocycles. The minimum atomic E-state index is -1.09. The first-order valence-corrected chi connectivity index (χ1v) is 8.80. The lowest BCUT2D eigenvalue weighted by molar-refractivity contribution is -0.130. The number of nitrogens with zero attached hydrogens (tertiary/aromatic N) is 5. The third-order valence-electron chi connectivity index (χ3n) is 5.85. The van der Waals surface area contributed by atoms with Crippen LogP contribution in [0.5, 0.6) is 0 Å². The molecular weight excluding hydrogens is 323 g/mol. The summed E-state index contributed by atoms with van der Waals surface area (Å²) < 4.78 is 15.3. The zero-order chi connectivity index (χ0) is 18.0. The second-order valence-electron chi connectivity index (χ2n) is 7.67. The van der Waals surface area contributed by atoms with Crippen LogP contribution in [0.25, 0.3) is 0 Å². The topological polar surface area (TPSA) is 86.8 Å². The standard InChI is InChI=1S/C17H25FN6O/c1-17(2)12(8-23-11-20-10-22-23)3-4-15(17)21-7-16(25)24-9-13(18)5-14(24)6-19/h10-15,21H,3-5,7-9H2,1-2H3/t12-,13-,14+,15?/m1/s1. The van der Waals surface area contributed by atoms with E-state index in [1.807, 2.05) is 10.8 Å². The molecule has 0 radical (unpaired) electrons. The van der Waals surface area contributed by atoms with Gasteiger partial charge in [0.2, 0.25) is 5.91 Å². The van der Waals surface area contributed by atoms with Crippen LogP contribution in [-0.4, -0.2) is 56.9 Å². The number of nitrogens with one attached hydrogen (secondary N) is 1. The van der Waals surface area contributed by atoms with Crippen molar-refractivity contribution in [1.29, 1.82) is 5.26 Å². The Kier molecular flexibility index (Phi) is 5.04. The Labute approximate surface area is 147 Å². The van der Waals surface area contributed by atoms with E-state index in [2.05, 4.69) is 29.2 Å². The molecule has 1 aliphatic carbocycles. The van der Waals surface area contributed by atoms with Crippen LogP contribution in [-0.2, 0) is 11.3 Å². The van der Waals surface area contributed by atoms with Crippen molar-refractivity contribution >= 4 is 5.91 Å². The van der Waals surface area contributed by atoms with E-state index in [4.69, 9.17) is 5.26 Å². The first kappa shape index (κ1) is 17.8. The van der Waals surface area contributed by atoms with E-state index in [0.29, 0.717) is 5.92 Å². The summed E-state index contributed by atoms with van der Waals surface area (Å²) in [6.07, 6.45) is 4.32. The summed E-state index contributed by atoms with van der Waals surface area (Å²) in [4.78, 5) is 17.7. The Morgan fingerprint density at radius 2 is 2.28 bits per heavy atom. The fraction of sp³-hybridized carbons (Fsp3) is 0.765. The lowest BCUT2D eigenvalue weighted by Gasteiger charge is -2.34. The van der Waals surface area contributed by atoms with Crippen molar-refractivity contribution in [1.82, 2.24) is 25.0 Å². The Bertz CT molecular complexity index is 640. The number of carbonyl (C=O) groups is 1. The molecule has 1 amide bonds. The highest BCUT2D eigenvalue weighted by atomic mass is 19.1. The maximum absolute atomic E-state index is 13.5. The predicted molar refractivity (Wildman–Crippen MR) is 88.9 cm³/mol. The van der Waals surface area contributed by atoms with Gasteiger partial charge in [-0.15, -0.1) is 0 Å². The van der Waals surface area contributed by atoms with Gasteiger partial charge in [0.1, 0.15) is 24.9 Å². The summed E-state index contributed by atoms with van der Waals surface area (Å²) in [6.45, 7) is 5.40. The van der Waals surface area contributed by atoms with Crippen molar-refractivity contribution in [2.24, 2.45) is 11.3 Å². The third-order valence-corrected chi connectivity index (χ3v) is 5.85. The normalized spacial score (nSPS) is 31.2. The van der Waals surface area contributed by atoms with Crippen LogP contribution >= 0.6 is 0 Å². The van der Waals surface area contributed by atoms with E-state index in [9.17, 15) is 9.18 Å². The fourth-order valence-electron chi connectivity index (χ4n) is 4.14. The van der Waals surface area contributed by atoms with Gasteiger partial charge in [0, 0.05) is 19.0 Å². The minimum absolute atomic E-state index is 0.00843. The number of halogens is 1. The summed E-state index contributed by atoms with van der Waals surface area (Å²) in [6, 6.07) is 1.59. The molecule has 1 saturated carbocycles. The average Bonchev–Trinajstić information content (AvgIpc) is 3.27. The second kappa shape index (κ2) is 7.08. The van der Waals surface area contributed by atoms with Gasteiger partial charge in [0.15, 0.2) is 0 Å². The van der Waals surface area contributed by atoms with Gasteiger partial charge in [-0.2, -0.15) is 10.4 Å². The number of nitriles is 1. The Hall–Kier alpha value is -2.01. The maximum atomic E-state index is 13.5. The number of alkyl halides is 1. The average molecular weight is 348 g/mol. The summed E-state index contributed by atoms with van der Waals surface area (Å²) in [7, 11) is 0. The Morgan fingerprint density at radius 1 is 1.48 bits per heavy atom. The van der Waals surface area contributed by atoms with Gasteiger partial charge < -0.3 is 10.2 Å². The zero-order valence-electron chi connectivity index (χ0n) is 14.7. The van der Waals surface area contributed by atoms with Gasteiger partial charge >= 0.3 is 0 Å². The number of rotatable bonds is 5. The first-order valence-electron chi connectivity index (χ1n) is 8.80. The number of hydrogen-bond acceptors (Lipinski definition) is 5. The summed E-state index contributed by atoms with van der Waals surface area (Å²) >= 11 is 0. The van der Waals surface area contributed by atoms with Crippen LogP contribution in [0.4, 0.5) is 4.39 Å². The molecule has 4 atom stereocenters. The van der Waals surface area contributed by atoms with E-state index in [-0.39, 0.29) is 36.9 Å². The zero-order valence-corrected chi connectivity index (χ0v) is 14.7. The largest absolute Gasteiger partial charge is 0.323 e. The van der Waals surface area contributed by atoms with Crippen LogP contribution in [0.15, 0.2) is 12.7 Å². The van der Waals surface area contributed by atoms with Crippen LogP contribution in [0, 0.1) is 22.7 Å². The van der Waals surface area contributed by atoms with Crippen molar-refractivity contribution in [3.63, 3.8) is 0 Å². The molecule has 136 valence electrons. The molecule has 1 unspecified atom stereocenters. The Balaban J connectivity index is 1.55. The van der Waals surface area contributed by atoms with Crippen molar-refractivity contribution < 1.29 is 9.18 Å². The first-order chi connectivity index (χ1) is 11.9. The number of hydrogen-bond donors (Lipinski definition) is 1. The molecule has 25 heavy (non-hydrogen) atoms. The molecule has 3 rings (SSSR count). The lowest BCUT2D eigenvalue weighted by Crippen LogP contribution is -2.47. The molecule has 2 heterocycles. The van der Waals surface area contributed by atoms with Crippen LogP contribution < -0.4 is 5.32 Å². The van der Waals surface area contributed by atoms with E-state index < -0.39 is 12.2 Å². The predicted octanol–water partition coefficient (Wildman–Crippen LogP) is 1.14. The molecule has 1 N–H and O–H groups in total. The van der Waals surface area contributed by atoms with Crippen molar-refractivity contribution in [3.8, 4) is 6.07 Å². The molecule has 1 aromatic rings. The summed E-state index contributed by atoms with van der Waals surface area (Å²) in [5.41, 5.74) is 0.00843. The number of likely N-dealkylation sites (tertiary alicyclic amines) is 1. The van der Waals surface area contributed by atoms with E-state index in [1.54, 1.807) is 6.33 Å². The highest BCUT2D eigenvalue weighted by molar-refractivity contribution is 5.79. The molecule has 2 aliphatic rings. The third kappa shape index (κ3) is 3.66. The number of carbonyl (C=O) groups excluding carboxylic acids is 1. The quantitative estimate of drug-likeness (QED) is 0.862. The molecule has 2 fully saturated rings. The highest BCUT2D eigenvalue weighted by Crippen LogP contribution is 2.43. The van der Waals surface area contributed by atoms with Gasteiger partial charge in [0.05, 0.1) is 19.2 Å². The minimum Gasteiger partial charge on any atom is -0.323 e. The van der Waals surface area contributed by atoms with Crippen LogP contribution in [0.2, 0.25) is 0 Å². The summed E-state index contributed by atoms with van der Waals surface area (Å²) in [5, 5.41) is 16.6. The van der Waals surface area contributed by atoms with E-state index in [1.165, 1.54) is 11.2 Å². The van der Waals surface area contributed by atoms with Gasteiger partial charge in [-0.3, -0.25) is 9.48 Å². The van der Waals surface area contributed by atoms with Gasteiger partial charge in [-0.25, -0.2) is 9.37 Å². The van der Waals surface area contributed by atoms with Gasteiger partial charge in [0.25, 0.3) is 0 Å². The molecule has 7 nitrogen and oxygen atoms in total. The van der Waals surface area contributed by atoms with Crippen molar-refractivity contribution in [2.75, 3.05) is 13.1 Å². The van der Waals surface area contributed by atoms with Crippen molar-refractivity contribution in [2.45, 2.75) is 57.9 Å². The molecule has 0 spiro atoms. The molecule has 1 saturated heterocycles. The highest BCUT2D eigenvalue weighted by Gasteiger charge is 2.43. The van der Waals surface area contributed by atoms with Gasteiger partial charge in [-0.1, -0.05) is 13.8 Å². The van der Waals surface area contributed by atoms with Gasteiger partial charge in [-0.05, 0) is 24.2 Å². The number of aromatic nitrogens is 3.